The van der Waals surface area contributed by atoms with E-state index in [9.17, 15) is 10.2 Å². The summed E-state index contributed by atoms with van der Waals surface area (Å²) in [5, 5.41) is 27.5. The molecule has 0 aromatic rings. The third-order valence-electron chi connectivity index (χ3n) is 2.34. The third kappa shape index (κ3) is 2.07. The van der Waals surface area contributed by atoms with Gasteiger partial charge in [0.2, 0.25) is 0 Å². The maximum absolute atomic E-state index is 9.49. The molecule has 0 unspecified atom stereocenters. The summed E-state index contributed by atoms with van der Waals surface area (Å²) in [6.45, 7) is 4.36. The van der Waals surface area contributed by atoms with Crippen molar-refractivity contribution in [2.24, 2.45) is 0 Å². The number of aliphatic hydroxyl groups excluding tert-OH is 3. The minimum absolute atomic E-state index is 0.266. The molecule has 1 rings (SSSR count). The molecule has 1 saturated heterocycles. The van der Waals surface area contributed by atoms with Crippen LogP contribution in [0, 0.1) is 0 Å². The van der Waals surface area contributed by atoms with Crippen LogP contribution in [-0.2, 0) is 9.47 Å². The highest BCUT2D eigenvalue weighted by molar-refractivity contribution is 4.96. The minimum Gasteiger partial charge on any atom is -0.394 e. The summed E-state index contributed by atoms with van der Waals surface area (Å²) in [4.78, 5) is 0. The molecule has 84 valence electrons. The monoisotopic (exact) mass is 206 g/mol. The van der Waals surface area contributed by atoms with Crippen molar-refractivity contribution in [2.75, 3.05) is 13.2 Å². The maximum atomic E-state index is 9.49. The quantitative estimate of drug-likeness (QED) is 0.566. The van der Waals surface area contributed by atoms with Crippen molar-refractivity contribution in [1.29, 1.82) is 0 Å². The molecule has 5 heteroatoms. The lowest BCUT2D eigenvalue weighted by atomic mass is 9.96. The van der Waals surface area contributed by atoms with Gasteiger partial charge in [-0.1, -0.05) is 0 Å². The minimum atomic E-state index is -1.05. The Morgan fingerprint density at radius 2 is 1.86 bits per heavy atom. The number of ether oxygens (including phenoxy) is 2. The summed E-state index contributed by atoms with van der Waals surface area (Å²) in [5.74, 6) is -0.849. The summed E-state index contributed by atoms with van der Waals surface area (Å²) in [6, 6.07) is 0. The molecule has 0 bridgehead atoms. The van der Waals surface area contributed by atoms with Gasteiger partial charge in [0, 0.05) is 0 Å². The Kier molecular flexibility index (Phi) is 3.18. The van der Waals surface area contributed by atoms with Crippen molar-refractivity contribution in [3.63, 3.8) is 0 Å². The molecule has 0 saturated carbocycles. The van der Waals surface area contributed by atoms with Gasteiger partial charge >= 0.3 is 0 Å². The highest BCUT2D eigenvalue weighted by atomic mass is 16.8. The molecule has 3 atom stereocenters. The average molecular weight is 206 g/mol. The van der Waals surface area contributed by atoms with Crippen LogP contribution in [0.5, 0.6) is 0 Å². The van der Waals surface area contributed by atoms with E-state index in [0.717, 1.165) is 0 Å². The van der Waals surface area contributed by atoms with E-state index in [1.807, 2.05) is 0 Å². The molecular formula is C9H18O5. The van der Waals surface area contributed by atoms with Crippen LogP contribution in [0.4, 0.5) is 0 Å². The largest absolute Gasteiger partial charge is 0.394 e. The molecule has 0 aliphatic carbocycles. The lowest BCUT2D eigenvalue weighted by Crippen LogP contribution is -2.48. The van der Waals surface area contributed by atoms with Crippen LogP contribution in [0.2, 0.25) is 0 Å². The van der Waals surface area contributed by atoms with Crippen molar-refractivity contribution >= 4 is 0 Å². The van der Waals surface area contributed by atoms with E-state index in [2.05, 4.69) is 0 Å². The summed E-state index contributed by atoms with van der Waals surface area (Å²) in [6.07, 6.45) is -1.76. The summed E-state index contributed by atoms with van der Waals surface area (Å²) < 4.78 is 10.9. The zero-order valence-corrected chi connectivity index (χ0v) is 8.73. The second-order valence-electron chi connectivity index (χ2n) is 4.26. The van der Waals surface area contributed by atoms with Gasteiger partial charge in [-0.3, -0.25) is 0 Å². The first-order chi connectivity index (χ1) is 6.34. The fourth-order valence-electron chi connectivity index (χ4n) is 1.78. The summed E-state index contributed by atoms with van der Waals surface area (Å²) in [5.41, 5.74) is -0.967. The Bertz CT molecular complexity index is 205. The molecule has 1 heterocycles. The van der Waals surface area contributed by atoms with E-state index in [-0.39, 0.29) is 6.61 Å². The Labute approximate surface area is 83.3 Å². The van der Waals surface area contributed by atoms with Gasteiger partial charge < -0.3 is 24.8 Å². The third-order valence-corrected chi connectivity index (χ3v) is 2.34. The van der Waals surface area contributed by atoms with Crippen molar-refractivity contribution in [3.05, 3.63) is 0 Å². The molecule has 0 amide bonds. The second kappa shape index (κ2) is 3.75. The number of hydrogen-bond acceptors (Lipinski definition) is 5. The second-order valence-corrected chi connectivity index (χ2v) is 4.26. The normalized spacial score (nSPS) is 38.6. The standard InChI is InChI=1S/C9H18O5/c1-8(2)13-7(6(12)4-10)9(3,5-11)14-8/h6-7,10-12H,4-5H2,1-3H3/t6-,7-,9+/m1/s1. The van der Waals surface area contributed by atoms with Crippen LogP contribution in [0.3, 0.4) is 0 Å². The van der Waals surface area contributed by atoms with Crippen molar-refractivity contribution in [2.45, 2.75) is 44.4 Å². The predicted octanol–water partition coefficient (Wildman–Crippen LogP) is -0.758. The van der Waals surface area contributed by atoms with Gasteiger partial charge in [-0.15, -0.1) is 0 Å². The summed E-state index contributed by atoms with van der Waals surface area (Å²) in [7, 11) is 0. The van der Waals surface area contributed by atoms with Crippen LogP contribution in [-0.4, -0.2) is 52.1 Å². The van der Waals surface area contributed by atoms with E-state index in [0.29, 0.717) is 0 Å². The Hall–Kier alpha value is -0.200. The molecule has 0 aromatic carbocycles. The first-order valence-corrected chi connectivity index (χ1v) is 4.62. The fourth-order valence-corrected chi connectivity index (χ4v) is 1.78. The van der Waals surface area contributed by atoms with Crippen molar-refractivity contribution in [1.82, 2.24) is 0 Å². The van der Waals surface area contributed by atoms with Crippen LogP contribution in [0.15, 0.2) is 0 Å². The number of aliphatic hydroxyl groups is 3. The van der Waals surface area contributed by atoms with Crippen LogP contribution < -0.4 is 0 Å². The van der Waals surface area contributed by atoms with E-state index in [1.165, 1.54) is 0 Å². The van der Waals surface area contributed by atoms with Crippen LogP contribution in [0.1, 0.15) is 20.8 Å². The predicted molar refractivity (Wildman–Crippen MR) is 48.6 cm³/mol. The van der Waals surface area contributed by atoms with Gasteiger partial charge in [-0.25, -0.2) is 0 Å². The van der Waals surface area contributed by atoms with Gasteiger partial charge in [0.15, 0.2) is 5.79 Å². The SMILES string of the molecule is CC1(C)O[C@H]([C@H](O)CO)[C@](C)(CO)O1. The molecule has 0 radical (unpaired) electrons. The van der Waals surface area contributed by atoms with E-state index in [1.54, 1.807) is 20.8 Å². The Morgan fingerprint density at radius 1 is 1.29 bits per heavy atom. The van der Waals surface area contributed by atoms with Gasteiger partial charge in [-0.2, -0.15) is 0 Å². The molecular weight excluding hydrogens is 188 g/mol. The highest BCUT2D eigenvalue weighted by Crippen LogP contribution is 2.37. The molecule has 5 nitrogen and oxygen atoms in total. The molecule has 14 heavy (non-hydrogen) atoms. The molecule has 1 aliphatic heterocycles. The fraction of sp³-hybridized carbons (Fsp3) is 1.00. The lowest BCUT2D eigenvalue weighted by molar-refractivity contribution is -0.169. The first kappa shape index (κ1) is 11.9. The van der Waals surface area contributed by atoms with Gasteiger partial charge in [0.25, 0.3) is 0 Å². The van der Waals surface area contributed by atoms with Crippen LogP contribution in [0.25, 0.3) is 0 Å². The highest BCUT2D eigenvalue weighted by Gasteiger charge is 2.52. The van der Waals surface area contributed by atoms with E-state index < -0.39 is 30.2 Å². The molecule has 0 spiro atoms. The lowest BCUT2D eigenvalue weighted by Gasteiger charge is -2.28. The van der Waals surface area contributed by atoms with Crippen LogP contribution >= 0.6 is 0 Å². The van der Waals surface area contributed by atoms with Gasteiger partial charge in [0.1, 0.15) is 17.8 Å². The molecule has 1 fully saturated rings. The van der Waals surface area contributed by atoms with Gasteiger partial charge in [0.05, 0.1) is 13.2 Å². The molecule has 1 aliphatic rings. The van der Waals surface area contributed by atoms with Gasteiger partial charge in [-0.05, 0) is 20.8 Å². The number of rotatable bonds is 3. The summed E-state index contributed by atoms with van der Waals surface area (Å²) >= 11 is 0. The smallest absolute Gasteiger partial charge is 0.164 e. The zero-order chi connectivity index (χ0) is 11.0. The maximum Gasteiger partial charge on any atom is 0.164 e. The van der Waals surface area contributed by atoms with E-state index >= 15 is 0 Å². The van der Waals surface area contributed by atoms with Crippen molar-refractivity contribution < 1.29 is 24.8 Å². The topological polar surface area (TPSA) is 79.2 Å². The first-order valence-electron chi connectivity index (χ1n) is 4.62. The zero-order valence-electron chi connectivity index (χ0n) is 8.73. The Balaban J connectivity index is 2.83. The molecule has 0 aromatic heterocycles. The molecule has 3 N–H and O–H groups in total. The van der Waals surface area contributed by atoms with E-state index in [4.69, 9.17) is 14.6 Å². The Morgan fingerprint density at radius 3 is 2.29 bits per heavy atom. The average Bonchev–Trinajstić information content (AvgIpc) is 2.36. The van der Waals surface area contributed by atoms with Crippen molar-refractivity contribution in [3.8, 4) is 0 Å². The number of hydrogen-bond donors (Lipinski definition) is 3.